The Morgan fingerprint density at radius 2 is 1.86 bits per heavy atom. The fourth-order valence-electron chi connectivity index (χ4n) is 3.27. The molecule has 0 aliphatic carbocycles. The largest absolute Gasteiger partial charge is 0.508 e. The molecule has 37 heavy (non-hydrogen) atoms. The van der Waals surface area contributed by atoms with Gasteiger partial charge in [-0.15, -0.1) is 24.6 Å². The summed E-state index contributed by atoms with van der Waals surface area (Å²) in [4.78, 5) is 31.8. The van der Waals surface area contributed by atoms with Crippen molar-refractivity contribution in [2.45, 2.75) is 20.4 Å². The smallest absolute Gasteiger partial charge is 0.282 e. The number of phenolic OH excluding ortho intramolecular Hbond substituents is 1. The van der Waals surface area contributed by atoms with Gasteiger partial charge in [-0.25, -0.2) is 15.2 Å². The Bertz CT molecular complexity index is 1320. The third kappa shape index (κ3) is 7.83. The second-order valence-electron chi connectivity index (χ2n) is 7.12. The average molecular weight is 523 g/mol. The number of carbonyl (C=O) groups is 1. The van der Waals surface area contributed by atoms with Gasteiger partial charge in [-0.05, 0) is 49.4 Å². The molecule has 3 rings (SSSR count). The number of benzene rings is 2. The maximum absolute atomic E-state index is 13.5. The number of aromatic hydroxyl groups is 2. The van der Waals surface area contributed by atoms with Crippen molar-refractivity contribution in [3.63, 3.8) is 0 Å². The lowest BCUT2D eigenvalue weighted by molar-refractivity contribution is -0.0980. The number of thioether (sulfide) groups is 1. The molecule has 1 aromatic heterocycles. The molecule has 10 heteroatoms. The molecule has 0 saturated carbocycles. The van der Waals surface area contributed by atoms with Crippen molar-refractivity contribution in [3.8, 4) is 24.3 Å². The molecule has 1 heterocycles. The number of aliphatic imine (C=N–C) groups is 1. The van der Waals surface area contributed by atoms with Crippen molar-refractivity contribution >= 4 is 35.0 Å². The second kappa shape index (κ2) is 15.6. The number of phenols is 1. The van der Waals surface area contributed by atoms with Crippen LogP contribution < -0.4 is 11.0 Å². The maximum atomic E-state index is 13.5. The molecular formula is C27H30N4O5S. The van der Waals surface area contributed by atoms with Crippen LogP contribution in [0.4, 0.5) is 5.69 Å². The van der Waals surface area contributed by atoms with E-state index in [0.717, 1.165) is 5.56 Å². The van der Waals surface area contributed by atoms with Gasteiger partial charge in [-0.3, -0.25) is 9.63 Å². The zero-order valence-electron chi connectivity index (χ0n) is 21.1. The van der Waals surface area contributed by atoms with E-state index in [0.29, 0.717) is 16.2 Å². The molecule has 0 fully saturated rings. The quantitative estimate of drug-likeness (QED) is 0.184. The summed E-state index contributed by atoms with van der Waals surface area (Å²) in [7, 11) is 1.39. The van der Waals surface area contributed by atoms with Gasteiger partial charge in [0.25, 0.3) is 5.56 Å². The molecule has 0 atom stereocenters. The summed E-state index contributed by atoms with van der Waals surface area (Å²) in [5.41, 5.74) is 4.35. The molecule has 194 valence electrons. The van der Waals surface area contributed by atoms with Gasteiger partial charge in [0.2, 0.25) is 0 Å². The van der Waals surface area contributed by atoms with Gasteiger partial charge in [0, 0.05) is 4.91 Å². The SMILES string of the molecule is C#C.C/C=C(\SC)c1nn(Cc2ccccc2)c(=O)c(C(=Nc2ccc(O)cc2C)NOC)c1O.C=O. The Morgan fingerprint density at radius 1 is 1.22 bits per heavy atom. The van der Waals surface area contributed by atoms with E-state index >= 15 is 0 Å². The Labute approximate surface area is 220 Å². The number of hydrogen-bond acceptors (Lipinski definition) is 8. The highest BCUT2D eigenvalue weighted by Crippen LogP contribution is 2.32. The summed E-state index contributed by atoms with van der Waals surface area (Å²) >= 11 is 1.40. The molecule has 3 N–H and O–H groups in total. The molecule has 0 radical (unpaired) electrons. The number of carbonyl (C=O) groups excluding carboxylic acids is 1. The fraction of sp³-hybridized carbons (Fsp3) is 0.185. The number of terminal acetylenes is 1. The van der Waals surface area contributed by atoms with E-state index < -0.39 is 5.56 Å². The molecule has 0 unspecified atom stereocenters. The lowest BCUT2D eigenvalue weighted by atomic mass is 10.1. The van der Waals surface area contributed by atoms with Gasteiger partial charge in [0.05, 0.1) is 19.3 Å². The van der Waals surface area contributed by atoms with Crippen molar-refractivity contribution < 1.29 is 19.8 Å². The topological polar surface area (TPSA) is 126 Å². The van der Waals surface area contributed by atoms with Crippen LogP contribution in [0, 0.1) is 19.8 Å². The summed E-state index contributed by atoms with van der Waals surface area (Å²) in [6, 6.07) is 14.1. The van der Waals surface area contributed by atoms with Crippen LogP contribution in [0.1, 0.15) is 29.3 Å². The van der Waals surface area contributed by atoms with Crippen molar-refractivity contribution in [1.29, 1.82) is 0 Å². The third-order valence-electron chi connectivity index (χ3n) is 4.87. The average Bonchev–Trinajstić information content (AvgIpc) is 2.92. The zero-order chi connectivity index (χ0) is 28.0. The number of hydroxylamine groups is 1. The van der Waals surface area contributed by atoms with Crippen LogP contribution in [0.3, 0.4) is 0 Å². The number of aromatic nitrogens is 2. The Balaban J connectivity index is 0.00000163. The van der Waals surface area contributed by atoms with Crippen molar-refractivity contribution in [1.82, 2.24) is 15.3 Å². The molecule has 0 aliphatic rings. The highest BCUT2D eigenvalue weighted by Gasteiger charge is 2.24. The van der Waals surface area contributed by atoms with Crippen LogP contribution in [-0.4, -0.2) is 46.0 Å². The summed E-state index contributed by atoms with van der Waals surface area (Å²) in [6.45, 7) is 5.82. The maximum Gasteiger partial charge on any atom is 0.282 e. The predicted molar refractivity (Wildman–Crippen MR) is 149 cm³/mol. The summed E-state index contributed by atoms with van der Waals surface area (Å²) in [5.74, 6) is -0.174. The molecule has 0 bridgehead atoms. The van der Waals surface area contributed by atoms with E-state index in [1.807, 2.05) is 56.4 Å². The Hall–Kier alpha value is -4.33. The van der Waals surface area contributed by atoms with Crippen molar-refractivity contribution in [2.24, 2.45) is 4.99 Å². The zero-order valence-corrected chi connectivity index (χ0v) is 22.0. The highest BCUT2D eigenvalue weighted by atomic mass is 32.2. The van der Waals surface area contributed by atoms with E-state index in [1.54, 1.807) is 19.1 Å². The summed E-state index contributed by atoms with van der Waals surface area (Å²) < 4.78 is 1.30. The fourth-order valence-corrected chi connectivity index (χ4v) is 3.83. The molecule has 2 aromatic carbocycles. The van der Waals surface area contributed by atoms with Crippen LogP contribution in [0.25, 0.3) is 4.91 Å². The first-order valence-electron chi connectivity index (χ1n) is 10.8. The lowest BCUT2D eigenvalue weighted by Gasteiger charge is -2.16. The van der Waals surface area contributed by atoms with Crippen LogP contribution in [0.2, 0.25) is 0 Å². The van der Waals surface area contributed by atoms with Gasteiger partial charge in [-0.1, -0.05) is 36.4 Å². The Morgan fingerprint density at radius 3 is 2.41 bits per heavy atom. The van der Waals surface area contributed by atoms with E-state index in [1.165, 1.54) is 29.6 Å². The van der Waals surface area contributed by atoms with Gasteiger partial charge < -0.3 is 15.0 Å². The summed E-state index contributed by atoms with van der Waals surface area (Å²) in [5, 5.41) is 25.3. The van der Waals surface area contributed by atoms with E-state index in [-0.39, 0.29) is 35.1 Å². The first kappa shape index (κ1) is 30.7. The lowest BCUT2D eigenvalue weighted by Crippen LogP contribution is -2.35. The minimum absolute atomic E-state index is 0.0239. The molecule has 3 aromatic rings. The van der Waals surface area contributed by atoms with Crippen molar-refractivity contribution in [2.75, 3.05) is 13.4 Å². The number of nitrogens with zero attached hydrogens (tertiary/aromatic N) is 3. The minimum Gasteiger partial charge on any atom is -0.508 e. The van der Waals surface area contributed by atoms with Gasteiger partial charge in [0.15, 0.2) is 11.6 Å². The monoisotopic (exact) mass is 522 g/mol. The normalized spacial score (nSPS) is 11.0. The van der Waals surface area contributed by atoms with Crippen molar-refractivity contribution in [3.05, 3.63) is 87.3 Å². The van der Waals surface area contributed by atoms with Crippen LogP contribution >= 0.6 is 11.8 Å². The van der Waals surface area contributed by atoms with Crippen LogP contribution in [-0.2, 0) is 16.2 Å². The molecule has 0 aliphatic heterocycles. The third-order valence-corrected chi connectivity index (χ3v) is 5.74. The first-order chi connectivity index (χ1) is 17.9. The van der Waals surface area contributed by atoms with Gasteiger partial charge in [0.1, 0.15) is 23.8 Å². The summed E-state index contributed by atoms with van der Waals surface area (Å²) in [6.07, 6.45) is 11.7. The number of nitrogens with one attached hydrogen (secondary N) is 1. The van der Waals surface area contributed by atoms with Crippen LogP contribution in [0.15, 0.2) is 64.4 Å². The van der Waals surface area contributed by atoms with Gasteiger partial charge >= 0.3 is 0 Å². The van der Waals surface area contributed by atoms with E-state index in [2.05, 4.69) is 28.4 Å². The molecule has 9 nitrogen and oxygen atoms in total. The number of amidine groups is 1. The Kier molecular flexibility index (Phi) is 13.0. The minimum atomic E-state index is -0.531. The number of hydrogen-bond donors (Lipinski definition) is 3. The standard InChI is InChI=1S/C24H26N4O4S.C2H2.CH2O/c1-5-19(33-4)21-22(30)20(24(31)28(26-21)14-16-9-7-6-8-10-16)23(27-32-3)25-18-12-11-17(29)13-15(18)2;2*1-2/h5-13,29-30H,14H2,1-4H3,(H,25,27);1-2H;1H2/b19-5-;;. The van der Waals surface area contributed by atoms with Crippen LogP contribution in [0.5, 0.6) is 11.5 Å². The highest BCUT2D eigenvalue weighted by molar-refractivity contribution is 8.07. The predicted octanol–water partition coefficient (Wildman–Crippen LogP) is 4.03. The number of rotatable bonds is 7. The molecule has 0 saturated heterocycles. The number of aryl methyl sites for hydroxylation is 1. The molecule has 0 spiro atoms. The molecular weight excluding hydrogens is 492 g/mol. The number of allylic oxidation sites excluding steroid dienone is 1. The van der Waals surface area contributed by atoms with E-state index in [4.69, 9.17) is 9.63 Å². The van der Waals surface area contributed by atoms with Gasteiger partial charge in [-0.2, -0.15) is 5.10 Å². The molecule has 0 amide bonds. The van der Waals surface area contributed by atoms with E-state index in [9.17, 15) is 15.0 Å². The second-order valence-corrected chi connectivity index (χ2v) is 7.96. The first-order valence-corrected chi connectivity index (χ1v) is 12.0.